The normalized spacial score (nSPS) is 18.1. The number of para-hydroxylation sites is 1. The topological polar surface area (TPSA) is 49.9 Å². The van der Waals surface area contributed by atoms with Crippen LogP contribution in [-0.2, 0) is 22.4 Å². The molecule has 0 radical (unpaired) electrons. The molecule has 2 amide bonds. The van der Waals surface area contributed by atoms with Gasteiger partial charge in [0.1, 0.15) is 18.0 Å². The Morgan fingerprint density at radius 2 is 1.41 bits per heavy atom. The summed E-state index contributed by atoms with van der Waals surface area (Å²) in [6, 6.07) is 28.7. The van der Waals surface area contributed by atoms with E-state index in [1.807, 2.05) is 78.9 Å². The van der Waals surface area contributed by atoms with Crippen LogP contribution < -0.4 is 4.74 Å². The van der Waals surface area contributed by atoms with Crippen LogP contribution in [0.4, 0.5) is 0 Å². The number of carbonyl (C=O) groups excluding carboxylic acids is 2. The molecule has 0 aliphatic carbocycles. The number of aryl methyl sites for hydroxylation is 1. The first kappa shape index (κ1) is 21.6. The monoisotopic (exact) mass is 428 g/mol. The highest BCUT2D eigenvalue weighted by Gasteiger charge is 2.46. The third-order valence-corrected chi connectivity index (χ3v) is 5.94. The van der Waals surface area contributed by atoms with Crippen LogP contribution in [0.2, 0.25) is 0 Å². The second kappa shape index (κ2) is 10.1. The van der Waals surface area contributed by atoms with Crippen LogP contribution in [0, 0.1) is 0 Å². The largest absolute Gasteiger partial charge is 0.484 e. The van der Waals surface area contributed by atoms with E-state index in [0.29, 0.717) is 18.6 Å². The van der Waals surface area contributed by atoms with E-state index in [9.17, 15) is 9.59 Å². The molecule has 4 rings (SSSR count). The van der Waals surface area contributed by atoms with E-state index in [1.165, 1.54) is 5.56 Å². The average molecular weight is 429 g/mol. The quantitative estimate of drug-likeness (QED) is 0.546. The molecular formula is C27H28N2O3. The predicted octanol–water partition coefficient (Wildman–Crippen LogP) is 3.94. The standard InChI is InChI=1S/C27H28N2O3/c1-28-25(18-17-21-11-5-2-6-12-21)29(26(30)20-32-23-15-9-4-10-16-23)24(27(28)31)19-22-13-7-3-8-14-22/h2-16,24-25H,17-20H2,1H3/t24-,25?/m1/s1. The second-order valence-corrected chi connectivity index (χ2v) is 8.06. The number of nitrogens with zero attached hydrogens (tertiary/aromatic N) is 2. The van der Waals surface area contributed by atoms with Gasteiger partial charge < -0.3 is 14.5 Å². The summed E-state index contributed by atoms with van der Waals surface area (Å²) in [7, 11) is 1.79. The van der Waals surface area contributed by atoms with Crippen molar-refractivity contribution >= 4 is 11.8 Å². The summed E-state index contributed by atoms with van der Waals surface area (Å²) in [6.07, 6.45) is 1.64. The molecule has 3 aromatic carbocycles. The fourth-order valence-electron chi connectivity index (χ4n) is 4.27. The highest BCUT2D eigenvalue weighted by atomic mass is 16.5. The van der Waals surface area contributed by atoms with Crippen LogP contribution in [0.15, 0.2) is 91.0 Å². The number of hydrogen-bond acceptors (Lipinski definition) is 3. The van der Waals surface area contributed by atoms with Crippen molar-refractivity contribution in [2.45, 2.75) is 31.5 Å². The Labute approximate surface area is 189 Å². The van der Waals surface area contributed by atoms with Crippen molar-refractivity contribution in [2.24, 2.45) is 0 Å². The molecule has 0 saturated carbocycles. The van der Waals surface area contributed by atoms with E-state index < -0.39 is 6.04 Å². The summed E-state index contributed by atoms with van der Waals surface area (Å²) in [5.41, 5.74) is 2.22. The van der Waals surface area contributed by atoms with Crippen LogP contribution >= 0.6 is 0 Å². The van der Waals surface area contributed by atoms with E-state index in [2.05, 4.69) is 12.1 Å². The number of amides is 2. The molecule has 1 unspecified atom stereocenters. The Kier molecular flexibility index (Phi) is 6.85. The molecule has 1 heterocycles. The molecule has 2 atom stereocenters. The summed E-state index contributed by atoms with van der Waals surface area (Å²) < 4.78 is 5.74. The maximum atomic E-state index is 13.4. The molecule has 5 heteroatoms. The van der Waals surface area contributed by atoms with Gasteiger partial charge in [0.2, 0.25) is 5.91 Å². The summed E-state index contributed by atoms with van der Waals surface area (Å²) in [6.45, 7) is -0.0989. The van der Waals surface area contributed by atoms with Crippen LogP contribution in [0.3, 0.4) is 0 Å². The van der Waals surface area contributed by atoms with Gasteiger partial charge in [-0.3, -0.25) is 9.59 Å². The Morgan fingerprint density at radius 1 is 0.844 bits per heavy atom. The Hall–Kier alpha value is -3.60. The van der Waals surface area contributed by atoms with Crippen molar-refractivity contribution in [3.8, 4) is 5.75 Å². The fraction of sp³-hybridized carbons (Fsp3) is 0.259. The lowest BCUT2D eigenvalue weighted by Crippen LogP contribution is -2.47. The molecule has 0 N–H and O–H groups in total. The van der Waals surface area contributed by atoms with E-state index in [4.69, 9.17) is 4.74 Å². The van der Waals surface area contributed by atoms with Crippen molar-refractivity contribution < 1.29 is 14.3 Å². The lowest BCUT2D eigenvalue weighted by Gasteiger charge is -2.30. The molecule has 0 aromatic heterocycles. The van der Waals surface area contributed by atoms with Crippen molar-refractivity contribution in [1.29, 1.82) is 0 Å². The molecule has 164 valence electrons. The van der Waals surface area contributed by atoms with Crippen LogP contribution in [0.5, 0.6) is 5.75 Å². The van der Waals surface area contributed by atoms with Crippen LogP contribution in [-0.4, -0.2) is 47.5 Å². The lowest BCUT2D eigenvalue weighted by atomic mass is 10.0. The van der Waals surface area contributed by atoms with Gasteiger partial charge in [0, 0.05) is 13.5 Å². The second-order valence-electron chi connectivity index (χ2n) is 8.06. The van der Waals surface area contributed by atoms with E-state index in [1.54, 1.807) is 16.8 Å². The van der Waals surface area contributed by atoms with E-state index in [-0.39, 0.29) is 24.6 Å². The van der Waals surface area contributed by atoms with Gasteiger partial charge in [-0.2, -0.15) is 0 Å². The minimum absolute atomic E-state index is 0.0278. The van der Waals surface area contributed by atoms with Crippen molar-refractivity contribution in [1.82, 2.24) is 9.80 Å². The Morgan fingerprint density at radius 3 is 2.03 bits per heavy atom. The third-order valence-electron chi connectivity index (χ3n) is 5.94. The molecular weight excluding hydrogens is 400 g/mol. The maximum absolute atomic E-state index is 13.4. The lowest BCUT2D eigenvalue weighted by molar-refractivity contribution is -0.138. The SMILES string of the molecule is CN1C(=O)[C@@H](Cc2ccccc2)N(C(=O)COc2ccccc2)C1CCc1ccccc1. The summed E-state index contributed by atoms with van der Waals surface area (Å²) in [4.78, 5) is 30.0. The molecule has 5 nitrogen and oxygen atoms in total. The predicted molar refractivity (Wildman–Crippen MR) is 124 cm³/mol. The van der Waals surface area contributed by atoms with Crippen LogP contribution in [0.25, 0.3) is 0 Å². The minimum Gasteiger partial charge on any atom is -0.484 e. The first-order valence-electron chi connectivity index (χ1n) is 11.0. The number of hydrogen-bond donors (Lipinski definition) is 0. The van der Waals surface area contributed by atoms with Gasteiger partial charge >= 0.3 is 0 Å². The first-order valence-corrected chi connectivity index (χ1v) is 11.0. The summed E-state index contributed by atoms with van der Waals surface area (Å²) >= 11 is 0. The smallest absolute Gasteiger partial charge is 0.262 e. The van der Waals surface area contributed by atoms with Crippen molar-refractivity contribution in [3.63, 3.8) is 0 Å². The third kappa shape index (κ3) is 4.99. The number of benzene rings is 3. The van der Waals surface area contributed by atoms with Crippen LogP contribution in [0.1, 0.15) is 17.5 Å². The molecule has 0 spiro atoms. The minimum atomic E-state index is -0.532. The fourth-order valence-corrected chi connectivity index (χ4v) is 4.27. The number of ether oxygens (including phenoxy) is 1. The zero-order valence-corrected chi connectivity index (χ0v) is 18.3. The van der Waals surface area contributed by atoms with Gasteiger partial charge in [-0.15, -0.1) is 0 Å². The Bertz CT molecular complexity index is 1020. The van der Waals surface area contributed by atoms with Gasteiger partial charge in [0.25, 0.3) is 5.91 Å². The number of likely N-dealkylation sites (N-methyl/N-ethyl adjacent to an activating group) is 1. The summed E-state index contributed by atoms with van der Waals surface area (Å²) in [5.74, 6) is 0.436. The van der Waals surface area contributed by atoms with Crippen molar-refractivity contribution in [2.75, 3.05) is 13.7 Å². The molecule has 0 bridgehead atoms. The Balaban J connectivity index is 1.54. The van der Waals surface area contributed by atoms with E-state index >= 15 is 0 Å². The number of carbonyl (C=O) groups is 2. The van der Waals surface area contributed by atoms with Gasteiger partial charge in [-0.05, 0) is 36.1 Å². The average Bonchev–Trinajstić information content (AvgIpc) is 3.07. The highest BCUT2D eigenvalue weighted by molar-refractivity contribution is 5.92. The zero-order valence-electron chi connectivity index (χ0n) is 18.3. The molecule has 1 aliphatic rings. The molecule has 1 fully saturated rings. The van der Waals surface area contributed by atoms with E-state index in [0.717, 1.165) is 12.0 Å². The number of rotatable bonds is 8. The maximum Gasteiger partial charge on any atom is 0.262 e. The van der Waals surface area contributed by atoms with Crippen molar-refractivity contribution in [3.05, 3.63) is 102 Å². The first-order chi connectivity index (χ1) is 15.6. The molecule has 1 aliphatic heterocycles. The zero-order chi connectivity index (χ0) is 22.3. The molecule has 32 heavy (non-hydrogen) atoms. The molecule has 1 saturated heterocycles. The van der Waals surface area contributed by atoms with Gasteiger partial charge in [0.15, 0.2) is 6.61 Å². The van der Waals surface area contributed by atoms with Gasteiger partial charge in [-0.1, -0.05) is 78.9 Å². The van der Waals surface area contributed by atoms with Gasteiger partial charge in [-0.25, -0.2) is 0 Å². The molecule has 3 aromatic rings. The highest BCUT2D eigenvalue weighted by Crippen LogP contribution is 2.27. The van der Waals surface area contributed by atoms with Gasteiger partial charge in [0.05, 0.1) is 0 Å². The summed E-state index contributed by atoms with van der Waals surface area (Å²) in [5, 5.41) is 0.